The van der Waals surface area contributed by atoms with Crippen molar-refractivity contribution in [2.24, 2.45) is 0 Å². The Morgan fingerprint density at radius 1 is 1.07 bits per heavy atom. The van der Waals surface area contributed by atoms with Crippen LogP contribution in [-0.4, -0.2) is 37.3 Å². The molecule has 0 bridgehead atoms. The van der Waals surface area contributed by atoms with Crippen molar-refractivity contribution in [2.45, 2.75) is 0 Å². The lowest BCUT2D eigenvalue weighted by Crippen LogP contribution is -2.24. The van der Waals surface area contributed by atoms with Crippen LogP contribution >= 0.6 is 11.6 Å². The van der Waals surface area contributed by atoms with E-state index < -0.39 is 0 Å². The minimum Gasteiger partial charge on any atom is -0.493 e. The number of halogens is 1. The number of carbonyl (C=O) groups excluding carboxylic acids is 1. The van der Waals surface area contributed by atoms with Crippen LogP contribution in [0.4, 0.5) is 10.5 Å². The molecule has 140 valence electrons. The van der Waals surface area contributed by atoms with Crippen molar-refractivity contribution in [3.8, 4) is 23.1 Å². The number of rotatable bonds is 5. The smallest absolute Gasteiger partial charge is 0.319 e. The highest BCUT2D eigenvalue weighted by Gasteiger charge is 2.13. The molecule has 8 nitrogen and oxygen atoms in total. The lowest BCUT2D eigenvalue weighted by Gasteiger charge is -2.12. The number of amides is 2. The highest BCUT2D eigenvalue weighted by atomic mass is 35.5. The largest absolute Gasteiger partial charge is 0.493 e. The molecule has 0 spiro atoms. The Labute approximate surface area is 160 Å². The van der Waals surface area contributed by atoms with Crippen molar-refractivity contribution in [3.05, 3.63) is 41.7 Å². The fourth-order valence-corrected chi connectivity index (χ4v) is 2.62. The zero-order valence-corrected chi connectivity index (χ0v) is 15.6. The van der Waals surface area contributed by atoms with Gasteiger partial charge in [-0.25, -0.2) is 14.8 Å². The van der Waals surface area contributed by atoms with Crippen molar-refractivity contribution in [1.82, 2.24) is 15.3 Å². The van der Waals surface area contributed by atoms with Gasteiger partial charge in [-0.3, -0.25) is 0 Å². The zero-order valence-electron chi connectivity index (χ0n) is 14.9. The Kier molecular flexibility index (Phi) is 5.46. The lowest BCUT2D eigenvalue weighted by atomic mass is 10.2. The van der Waals surface area contributed by atoms with Crippen molar-refractivity contribution >= 4 is 34.2 Å². The molecule has 2 aromatic carbocycles. The number of nitrogens with zero attached hydrogens (tertiary/aromatic N) is 2. The normalized spacial score (nSPS) is 10.4. The van der Waals surface area contributed by atoms with E-state index in [1.165, 1.54) is 13.4 Å². The van der Waals surface area contributed by atoms with E-state index in [1.54, 1.807) is 44.6 Å². The van der Waals surface area contributed by atoms with Gasteiger partial charge in [0, 0.05) is 19.2 Å². The Morgan fingerprint density at radius 2 is 1.81 bits per heavy atom. The number of carbonyl (C=O) groups is 1. The fraction of sp³-hybridized carbons (Fsp3) is 0.167. The van der Waals surface area contributed by atoms with Crippen LogP contribution in [0, 0.1) is 0 Å². The van der Waals surface area contributed by atoms with Crippen LogP contribution in [-0.2, 0) is 0 Å². The van der Waals surface area contributed by atoms with Gasteiger partial charge < -0.3 is 24.8 Å². The molecule has 27 heavy (non-hydrogen) atoms. The number of nitrogens with one attached hydrogen (secondary N) is 2. The van der Waals surface area contributed by atoms with Gasteiger partial charge in [-0.1, -0.05) is 11.6 Å². The maximum atomic E-state index is 11.4. The van der Waals surface area contributed by atoms with E-state index >= 15 is 0 Å². The highest BCUT2D eigenvalue weighted by molar-refractivity contribution is 6.33. The van der Waals surface area contributed by atoms with E-state index in [4.69, 9.17) is 25.8 Å². The Morgan fingerprint density at radius 3 is 2.48 bits per heavy atom. The summed E-state index contributed by atoms with van der Waals surface area (Å²) in [6.07, 6.45) is 1.40. The van der Waals surface area contributed by atoms with Crippen LogP contribution in [0.15, 0.2) is 36.7 Å². The summed E-state index contributed by atoms with van der Waals surface area (Å²) in [5.74, 6) is 1.89. The molecule has 0 aliphatic carbocycles. The number of methoxy groups -OCH3 is 2. The molecule has 2 N–H and O–H groups in total. The molecule has 3 rings (SSSR count). The van der Waals surface area contributed by atoms with Gasteiger partial charge in [-0.2, -0.15) is 0 Å². The number of benzene rings is 2. The Balaban J connectivity index is 1.94. The number of ether oxygens (including phenoxy) is 3. The third kappa shape index (κ3) is 3.95. The first-order valence-corrected chi connectivity index (χ1v) is 8.26. The van der Waals surface area contributed by atoms with Gasteiger partial charge in [-0.05, 0) is 18.2 Å². The van der Waals surface area contributed by atoms with E-state index in [2.05, 4.69) is 20.6 Å². The predicted octanol–water partition coefficient (Wildman–Crippen LogP) is 3.84. The molecule has 0 unspecified atom stereocenters. The molecule has 0 aliphatic heterocycles. The van der Waals surface area contributed by atoms with Gasteiger partial charge in [0.25, 0.3) is 0 Å². The highest BCUT2D eigenvalue weighted by Crippen LogP contribution is 2.36. The average Bonchev–Trinajstić information content (AvgIpc) is 2.69. The van der Waals surface area contributed by atoms with Crippen LogP contribution in [0.1, 0.15) is 0 Å². The molecule has 9 heteroatoms. The van der Waals surface area contributed by atoms with Gasteiger partial charge in [0.05, 0.1) is 35.8 Å². The minimum absolute atomic E-state index is 0.328. The predicted molar refractivity (Wildman–Crippen MR) is 102 cm³/mol. The molecule has 0 saturated carbocycles. The van der Waals surface area contributed by atoms with E-state index in [0.29, 0.717) is 44.7 Å². The van der Waals surface area contributed by atoms with Crippen molar-refractivity contribution in [3.63, 3.8) is 0 Å². The van der Waals surface area contributed by atoms with Gasteiger partial charge in [0.2, 0.25) is 5.88 Å². The van der Waals surface area contributed by atoms with Crippen LogP contribution < -0.4 is 24.8 Å². The summed E-state index contributed by atoms with van der Waals surface area (Å²) in [6.45, 7) is 0. The standard InChI is InChI=1S/C18H17ClN4O4/c1-20-18(24)23-13-5-4-10(6-12(13)19)27-17-11-7-15(25-2)16(26-3)8-14(11)21-9-22-17/h4-9H,1-3H3,(H2,20,23,24). The molecule has 0 aliphatic rings. The van der Waals surface area contributed by atoms with Crippen LogP contribution in [0.5, 0.6) is 23.1 Å². The molecule has 0 saturated heterocycles. The van der Waals surface area contributed by atoms with E-state index in [0.717, 1.165) is 0 Å². The van der Waals surface area contributed by atoms with E-state index in [9.17, 15) is 4.79 Å². The molecule has 1 heterocycles. The van der Waals surface area contributed by atoms with E-state index in [-0.39, 0.29) is 6.03 Å². The lowest BCUT2D eigenvalue weighted by molar-refractivity contribution is 0.254. The quantitative estimate of drug-likeness (QED) is 0.689. The molecule has 0 fully saturated rings. The Bertz CT molecular complexity index is 997. The maximum absolute atomic E-state index is 11.4. The summed E-state index contributed by atoms with van der Waals surface area (Å²) >= 11 is 6.21. The first-order chi connectivity index (χ1) is 13.0. The monoisotopic (exact) mass is 388 g/mol. The maximum Gasteiger partial charge on any atom is 0.319 e. The molecule has 0 radical (unpaired) electrons. The fourth-order valence-electron chi connectivity index (χ4n) is 2.40. The van der Waals surface area contributed by atoms with Crippen molar-refractivity contribution in [1.29, 1.82) is 0 Å². The van der Waals surface area contributed by atoms with Gasteiger partial charge in [-0.15, -0.1) is 0 Å². The molecule has 1 aromatic heterocycles. The van der Waals surface area contributed by atoms with Crippen molar-refractivity contribution in [2.75, 3.05) is 26.6 Å². The summed E-state index contributed by atoms with van der Waals surface area (Å²) in [6, 6.07) is 8.01. The third-order valence-corrected chi connectivity index (χ3v) is 4.05. The molecule has 0 atom stereocenters. The zero-order chi connectivity index (χ0) is 19.4. The molecular formula is C18H17ClN4O4. The number of hydrogen-bond acceptors (Lipinski definition) is 6. The average molecular weight is 389 g/mol. The van der Waals surface area contributed by atoms with Crippen LogP contribution in [0.2, 0.25) is 5.02 Å². The van der Waals surface area contributed by atoms with E-state index in [1.807, 2.05) is 0 Å². The molecule has 2 amide bonds. The number of urea groups is 1. The van der Waals surface area contributed by atoms with Crippen LogP contribution in [0.25, 0.3) is 10.9 Å². The topological polar surface area (TPSA) is 94.6 Å². The molecular weight excluding hydrogens is 372 g/mol. The SMILES string of the molecule is CNC(=O)Nc1ccc(Oc2ncnc3cc(OC)c(OC)cc23)cc1Cl. The summed E-state index contributed by atoms with van der Waals surface area (Å²) in [5, 5.41) is 6.05. The summed E-state index contributed by atoms with van der Waals surface area (Å²) in [4.78, 5) is 19.8. The minimum atomic E-state index is -0.367. The second-order valence-electron chi connectivity index (χ2n) is 5.35. The van der Waals surface area contributed by atoms with Gasteiger partial charge >= 0.3 is 6.03 Å². The van der Waals surface area contributed by atoms with Gasteiger partial charge in [0.15, 0.2) is 11.5 Å². The summed E-state index contributed by atoms with van der Waals surface area (Å²) in [7, 11) is 4.62. The number of aromatic nitrogens is 2. The first kappa shape index (κ1) is 18.5. The van der Waals surface area contributed by atoms with Gasteiger partial charge in [0.1, 0.15) is 12.1 Å². The number of fused-ring (bicyclic) bond motifs is 1. The number of hydrogen-bond donors (Lipinski definition) is 2. The number of anilines is 1. The third-order valence-electron chi connectivity index (χ3n) is 3.73. The first-order valence-electron chi connectivity index (χ1n) is 7.88. The second kappa shape index (κ2) is 7.96. The summed E-state index contributed by atoms with van der Waals surface area (Å²) in [5.41, 5.74) is 1.10. The van der Waals surface area contributed by atoms with Crippen LogP contribution in [0.3, 0.4) is 0 Å². The van der Waals surface area contributed by atoms with Crippen molar-refractivity contribution < 1.29 is 19.0 Å². The second-order valence-corrected chi connectivity index (χ2v) is 5.76. The summed E-state index contributed by atoms with van der Waals surface area (Å²) < 4.78 is 16.5. The molecule has 3 aromatic rings. The Hall–Kier alpha value is -3.26.